The predicted molar refractivity (Wildman–Crippen MR) is 68.3 cm³/mol. The summed E-state index contributed by atoms with van der Waals surface area (Å²) in [4.78, 5) is 0. The fourth-order valence-corrected chi connectivity index (χ4v) is 2.54. The zero-order valence-electron chi connectivity index (χ0n) is 9.56. The zero-order valence-corrected chi connectivity index (χ0v) is 11.1. The number of alkyl halides is 3. The number of rotatable bonds is 1. The van der Waals surface area contributed by atoms with Crippen LogP contribution in [0.4, 0.5) is 13.2 Å². The summed E-state index contributed by atoms with van der Waals surface area (Å²) in [6.45, 7) is 0.743. The highest BCUT2D eigenvalue weighted by Crippen LogP contribution is 2.39. The van der Waals surface area contributed by atoms with Crippen molar-refractivity contribution in [2.75, 3.05) is 6.54 Å². The van der Waals surface area contributed by atoms with Crippen LogP contribution < -0.4 is 5.32 Å². The quantitative estimate of drug-likeness (QED) is 0.799. The van der Waals surface area contributed by atoms with E-state index in [0.29, 0.717) is 6.42 Å². The first-order valence-corrected chi connectivity index (χ1v) is 5.97. The molecule has 0 bridgehead atoms. The number of benzene rings is 1. The van der Waals surface area contributed by atoms with E-state index >= 15 is 0 Å². The summed E-state index contributed by atoms with van der Waals surface area (Å²) in [5.74, 6) is 0. The molecule has 0 spiro atoms. The second-order valence-electron chi connectivity index (χ2n) is 4.20. The maximum atomic E-state index is 12.9. The molecule has 1 fully saturated rings. The first kappa shape index (κ1) is 15.6. The largest absolute Gasteiger partial charge is 0.416 e. The van der Waals surface area contributed by atoms with Crippen LogP contribution in [0.2, 0.25) is 5.02 Å². The molecule has 2 rings (SSSR count). The van der Waals surface area contributed by atoms with Gasteiger partial charge >= 0.3 is 6.18 Å². The molecule has 0 aromatic heterocycles. The second-order valence-corrected chi connectivity index (χ2v) is 4.61. The lowest BCUT2D eigenvalue weighted by molar-refractivity contribution is -0.138. The lowest BCUT2D eigenvalue weighted by Gasteiger charge is -2.27. The van der Waals surface area contributed by atoms with Crippen molar-refractivity contribution in [2.45, 2.75) is 31.5 Å². The van der Waals surface area contributed by atoms with Gasteiger partial charge in [-0.1, -0.05) is 24.1 Å². The van der Waals surface area contributed by atoms with Crippen molar-refractivity contribution in [3.8, 4) is 0 Å². The van der Waals surface area contributed by atoms with Crippen LogP contribution >= 0.6 is 24.0 Å². The van der Waals surface area contributed by atoms with Crippen molar-refractivity contribution in [1.82, 2.24) is 5.32 Å². The molecule has 1 atom stereocenters. The molecule has 1 saturated heterocycles. The van der Waals surface area contributed by atoms with Crippen LogP contribution in [0.15, 0.2) is 18.2 Å². The van der Waals surface area contributed by atoms with Gasteiger partial charge in [-0.3, -0.25) is 0 Å². The summed E-state index contributed by atoms with van der Waals surface area (Å²) in [6, 6.07) is 3.67. The zero-order chi connectivity index (χ0) is 12.5. The molecule has 0 saturated carbocycles. The minimum atomic E-state index is -4.35. The summed E-state index contributed by atoms with van der Waals surface area (Å²) in [6.07, 6.45) is -1.71. The Kier molecular flexibility index (Phi) is 5.32. The molecule has 6 heteroatoms. The average Bonchev–Trinajstić information content (AvgIpc) is 2.28. The van der Waals surface area contributed by atoms with E-state index in [9.17, 15) is 13.2 Å². The number of piperidine rings is 1. The average molecular weight is 300 g/mol. The molecule has 1 nitrogen and oxygen atoms in total. The third-order valence-corrected chi connectivity index (χ3v) is 3.35. The van der Waals surface area contributed by atoms with Gasteiger partial charge in [-0.05, 0) is 37.1 Å². The minimum absolute atomic E-state index is 0. The smallest absolute Gasteiger partial charge is 0.310 e. The molecule has 0 radical (unpaired) electrons. The van der Waals surface area contributed by atoms with Gasteiger partial charge < -0.3 is 5.32 Å². The van der Waals surface area contributed by atoms with Gasteiger partial charge in [0.05, 0.1) is 5.56 Å². The van der Waals surface area contributed by atoms with Crippen molar-refractivity contribution < 1.29 is 13.2 Å². The van der Waals surface area contributed by atoms with Gasteiger partial charge in [0, 0.05) is 11.1 Å². The molecule has 0 unspecified atom stereocenters. The highest BCUT2D eigenvalue weighted by atomic mass is 35.5. The van der Waals surface area contributed by atoms with E-state index < -0.39 is 11.7 Å². The van der Waals surface area contributed by atoms with Crippen molar-refractivity contribution in [3.05, 3.63) is 34.3 Å². The predicted octanol–water partition coefficient (Wildman–Crippen LogP) is 4.60. The number of hydrogen-bond acceptors (Lipinski definition) is 1. The normalized spacial score (nSPS) is 20.3. The molecule has 1 aliphatic heterocycles. The maximum absolute atomic E-state index is 12.9. The lowest BCUT2D eigenvalue weighted by atomic mass is 9.93. The Hall–Kier alpha value is -0.450. The van der Waals surface area contributed by atoms with E-state index in [-0.39, 0.29) is 29.0 Å². The third-order valence-electron chi connectivity index (χ3n) is 3.02. The van der Waals surface area contributed by atoms with Gasteiger partial charge in [0.15, 0.2) is 0 Å². The summed E-state index contributed by atoms with van der Waals surface area (Å²) in [5, 5.41) is 3.30. The first-order chi connectivity index (χ1) is 8.00. The summed E-state index contributed by atoms with van der Waals surface area (Å²) in [5.41, 5.74) is -0.425. The summed E-state index contributed by atoms with van der Waals surface area (Å²) >= 11 is 5.93. The van der Waals surface area contributed by atoms with Gasteiger partial charge in [-0.2, -0.15) is 13.2 Å². The van der Waals surface area contributed by atoms with Crippen LogP contribution in [0.5, 0.6) is 0 Å². The molecule has 1 aromatic rings. The highest BCUT2D eigenvalue weighted by Gasteiger charge is 2.36. The second kappa shape index (κ2) is 6.13. The van der Waals surface area contributed by atoms with E-state index in [2.05, 4.69) is 5.32 Å². The van der Waals surface area contributed by atoms with Crippen LogP contribution in [-0.4, -0.2) is 6.54 Å². The van der Waals surface area contributed by atoms with Crippen LogP contribution in [-0.2, 0) is 6.18 Å². The Morgan fingerprint density at radius 3 is 2.50 bits per heavy atom. The number of nitrogens with one attached hydrogen (secondary N) is 1. The molecule has 1 aliphatic rings. The van der Waals surface area contributed by atoms with Crippen molar-refractivity contribution in [2.24, 2.45) is 0 Å². The fourth-order valence-electron chi connectivity index (χ4n) is 2.24. The fraction of sp³-hybridized carbons (Fsp3) is 0.500. The van der Waals surface area contributed by atoms with Gasteiger partial charge in [0.1, 0.15) is 0 Å². The van der Waals surface area contributed by atoms with Crippen LogP contribution in [0.1, 0.15) is 36.4 Å². The molecular weight excluding hydrogens is 286 g/mol. The number of halogens is 5. The van der Waals surface area contributed by atoms with E-state index in [4.69, 9.17) is 11.6 Å². The highest BCUT2D eigenvalue weighted by molar-refractivity contribution is 6.31. The SMILES string of the molecule is Cl.FC(F)(F)c1cccc(Cl)c1[C@H]1CCCCN1. The first-order valence-electron chi connectivity index (χ1n) is 5.59. The monoisotopic (exact) mass is 299 g/mol. The Bertz CT molecular complexity index is 401. The molecular formula is C12H14Cl2F3N. The van der Waals surface area contributed by atoms with Crippen molar-refractivity contribution in [3.63, 3.8) is 0 Å². The molecule has 1 heterocycles. The van der Waals surface area contributed by atoms with Gasteiger partial charge in [0.25, 0.3) is 0 Å². The van der Waals surface area contributed by atoms with E-state index in [1.165, 1.54) is 12.1 Å². The Morgan fingerprint density at radius 2 is 1.94 bits per heavy atom. The summed E-state index contributed by atoms with van der Waals surface area (Å²) < 4.78 is 38.7. The third kappa shape index (κ3) is 3.31. The molecule has 0 aliphatic carbocycles. The minimum Gasteiger partial charge on any atom is -0.310 e. The van der Waals surface area contributed by atoms with Crippen LogP contribution in [0, 0.1) is 0 Å². The maximum Gasteiger partial charge on any atom is 0.416 e. The van der Waals surface area contributed by atoms with E-state index in [1.807, 2.05) is 0 Å². The van der Waals surface area contributed by atoms with Gasteiger partial charge in [-0.15, -0.1) is 12.4 Å². The molecule has 0 amide bonds. The molecule has 1 aromatic carbocycles. The van der Waals surface area contributed by atoms with E-state index in [1.54, 1.807) is 0 Å². The topological polar surface area (TPSA) is 12.0 Å². The number of hydrogen-bond donors (Lipinski definition) is 1. The molecule has 102 valence electrons. The van der Waals surface area contributed by atoms with E-state index in [0.717, 1.165) is 25.5 Å². The standard InChI is InChI=1S/C12H13ClF3N.ClH/c13-9-5-3-4-8(12(14,15)16)11(9)10-6-1-2-7-17-10;/h3-5,10,17H,1-2,6-7H2;1H/t10-;/m1./s1. The lowest BCUT2D eigenvalue weighted by Crippen LogP contribution is -2.29. The van der Waals surface area contributed by atoms with Crippen LogP contribution in [0.25, 0.3) is 0 Å². The van der Waals surface area contributed by atoms with Crippen molar-refractivity contribution in [1.29, 1.82) is 0 Å². The van der Waals surface area contributed by atoms with Gasteiger partial charge in [0.2, 0.25) is 0 Å². The van der Waals surface area contributed by atoms with Crippen LogP contribution in [0.3, 0.4) is 0 Å². The molecule has 18 heavy (non-hydrogen) atoms. The Morgan fingerprint density at radius 1 is 1.22 bits per heavy atom. The Balaban J connectivity index is 0.00000162. The van der Waals surface area contributed by atoms with Crippen molar-refractivity contribution >= 4 is 24.0 Å². The molecule has 1 N–H and O–H groups in total. The van der Waals surface area contributed by atoms with Gasteiger partial charge in [-0.25, -0.2) is 0 Å². The summed E-state index contributed by atoms with van der Waals surface area (Å²) in [7, 11) is 0. The Labute approximate surface area is 115 Å².